The minimum atomic E-state index is -0.958. The van der Waals surface area contributed by atoms with Crippen LogP contribution in [0.15, 0.2) is 0 Å². The Labute approximate surface area is 121 Å². The van der Waals surface area contributed by atoms with Gasteiger partial charge in [0, 0.05) is 25.7 Å². The third-order valence-corrected chi connectivity index (χ3v) is 3.58. The fourth-order valence-electron chi connectivity index (χ4n) is 2.56. The highest BCUT2D eigenvalue weighted by atomic mass is 16.4. The average molecular weight is 285 g/mol. The number of carboxylic acids is 1. The van der Waals surface area contributed by atoms with Crippen LogP contribution in [-0.4, -0.2) is 78.1 Å². The molecule has 6 heteroatoms. The average Bonchev–Trinajstić information content (AvgIpc) is 2.36. The molecule has 0 saturated carbocycles. The van der Waals surface area contributed by atoms with Crippen LogP contribution in [0.5, 0.6) is 0 Å². The molecule has 0 spiro atoms. The number of likely N-dealkylation sites (N-methyl/N-ethyl adjacent to an activating group) is 1. The molecule has 0 radical (unpaired) electrons. The zero-order chi connectivity index (χ0) is 15.3. The molecule has 2 amide bonds. The lowest BCUT2D eigenvalue weighted by Gasteiger charge is -2.38. The van der Waals surface area contributed by atoms with Crippen LogP contribution in [0.4, 0.5) is 4.79 Å². The maximum atomic E-state index is 12.5. The molecular weight excluding hydrogens is 258 g/mol. The standard InChI is InChI=1S/C14H27N3O3/c1-11(2)8-17(10-13(18)19)14(20)16-7-5-6-12(9-16)15(3)4/h11-12H,5-10H2,1-4H3,(H,18,19). The molecular formula is C14H27N3O3. The molecule has 1 fully saturated rings. The number of hydrogen-bond donors (Lipinski definition) is 1. The highest BCUT2D eigenvalue weighted by molar-refractivity contribution is 5.80. The normalized spacial score (nSPS) is 19.5. The Hall–Kier alpha value is -1.30. The summed E-state index contributed by atoms with van der Waals surface area (Å²) < 4.78 is 0. The quantitative estimate of drug-likeness (QED) is 0.823. The van der Waals surface area contributed by atoms with E-state index < -0.39 is 5.97 Å². The SMILES string of the molecule is CC(C)CN(CC(=O)O)C(=O)N1CCCC(N(C)C)C1. The van der Waals surface area contributed by atoms with Crippen molar-refractivity contribution >= 4 is 12.0 Å². The number of hydrogen-bond acceptors (Lipinski definition) is 3. The van der Waals surface area contributed by atoms with Crippen LogP contribution in [0.1, 0.15) is 26.7 Å². The minimum Gasteiger partial charge on any atom is -0.480 e. The van der Waals surface area contributed by atoms with E-state index in [1.165, 1.54) is 4.90 Å². The number of aliphatic carboxylic acids is 1. The molecule has 0 aromatic rings. The Bertz CT molecular complexity index is 345. The van der Waals surface area contributed by atoms with Gasteiger partial charge in [-0.2, -0.15) is 0 Å². The van der Waals surface area contributed by atoms with Gasteiger partial charge in [0.05, 0.1) is 0 Å². The van der Waals surface area contributed by atoms with E-state index in [1.54, 1.807) is 4.90 Å². The molecule has 1 rings (SSSR count). The van der Waals surface area contributed by atoms with Crippen LogP contribution < -0.4 is 0 Å². The summed E-state index contributed by atoms with van der Waals surface area (Å²) in [6.45, 7) is 5.63. The molecule has 1 N–H and O–H groups in total. The Kier molecular flexibility index (Phi) is 6.26. The van der Waals surface area contributed by atoms with Crippen molar-refractivity contribution in [1.82, 2.24) is 14.7 Å². The molecule has 1 aliphatic heterocycles. The highest BCUT2D eigenvalue weighted by Crippen LogP contribution is 2.16. The third kappa shape index (κ3) is 5.00. The number of piperidine rings is 1. The van der Waals surface area contributed by atoms with Crippen LogP contribution in [0.3, 0.4) is 0 Å². The van der Waals surface area contributed by atoms with Crippen molar-refractivity contribution in [2.24, 2.45) is 5.92 Å². The zero-order valence-corrected chi connectivity index (χ0v) is 13.0. The second kappa shape index (κ2) is 7.47. The van der Waals surface area contributed by atoms with E-state index in [-0.39, 0.29) is 18.5 Å². The molecule has 0 bridgehead atoms. The van der Waals surface area contributed by atoms with E-state index in [2.05, 4.69) is 4.90 Å². The van der Waals surface area contributed by atoms with Crippen molar-refractivity contribution in [2.45, 2.75) is 32.7 Å². The highest BCUT2D eigenvalue weighted by Gasteiger charge is 2.29. The number of likely N-dealkylation sites (tertiary alicyclic amines) is 1. The smallest absolute Gasteiger partial charge is 0.323 e. The monoisotopic (exact) mass is 285 g/mol. The van der Waals surface area contributed by atoms with E-state index in [0.29, 0.717) is 19.1 Å². The van der Waals surface area contributed by atoms with Gasteiger partial charge in [0.2, 0.25) is 0 Å². The number of urea groups is 1. The molecule has 1 unspecified atom stereocenters. The van der Waals surface area contributed by atoms with Gasteiger partial charge in [-0.05, 0) is 32.9 Å². The Morgan fingerprint density at radius 1 is 1.35 bits per heavy atom. The Morgan fingerprint density at radius 3 is 2.50 bits per heavy atom. The van der Waals surface area contributed by atoms with Crippen molar-refractivity contribution in [1.29, 1.82) is 0 Å². The van der Waals surface area contributed by atoms with Gasteiger partial charge in [-0.25, -0.2) is 4.79 Å². The summed E-state index contributed by atoms with van der Waals surface area (Å²) in [6, 6.07) is 0.214. The summed E-state index contributed by atoms with van der Waals surface area (Å²) >= 11 is 0. The molecule has 0 aromatic carbocycles. The largest absolute Gasteiger partial charge is 0.480 e. The predicted molar refractivity (Wildman–Crippen MR) is 77.7 cm³/mol. The molecule has 0 aromatic heterocycles. The van der Waals surface area contributed by atoms with Crippen LogP contribution >= 0.6 is 0 Å². The van der Waals surface area contributed by atoms with Gasteiger partial charge < -0.3 is 19.8 Å². The minimum absolute atomic E-state index is 0.146. The summed E-state index contributed by atoms with van der Waals surface area (Å²) in [5, 5.41) is 8.96. The Morgan fingerprint density at radius 2 is 2.00 bits per heavy atom. The van der Waals surface area contributed by atoms with E-state index in [1.807, 2.05) is 27.9 Å². The second-order valence-electron chi connectivity index (χ2n) is 6.16. The van der Waals surface area contributed by atoms with E-state index in [0.717, 1.165) is 19.4 Å². The maximum Gasteiger partial charge on any atom is 0.323 e. The summed E-state index contributed by atoms with van der Waals surface area (Å²) in [5.41, 5.74) is 0. The maximum absolute atomic E-state index is 12.5. The number of carbonyl (C=O) groups is 2. The first-order chi connectivity index (χ1) is 9.31. The van der Waals surface area contributed by atoms with Crippen molar-refractivity contribution in [2.75, 3.05) is 40.3 Å². The second-order valence-corrected chi connectivity index (χ2v) is 6.16. The fraction of sp³-hybridized carbons (Fsp3) is 0.857. The van der Waals surface area contributed by atoms with Crippen molar-refractivity contribution in [3.8, 4) is 0 Å². The van der Waals surface area contributed by atoms with Gasteiger partial charge in [-0.1, -0.05) is 13.8 Å². The van der Waals surface area contributed by atoms with Gasteiger partial charge in [0.15, 0.2) is 0 Å². The summed E-state index contributed by atoms with van der Waals surface area (Å²) in [5.74, 6) is -0.701. The van der Waals surface area contributed by atoms with Crippen molar-refractivity contribution in [3.63, 3.8) is 0 Å². The third-order valence-electron chi connectivity index (χ3n) is 3.58. The van der Waals surface area contributed by atoms with Gasteiger partial charge in [0.1, 0.15) is 6.54 Å². The molecule has 1 atom stereocenters. The van der Waals surface area contributed by atoms with Crippen LogP contribution in [0.2, 0.25) is 0 Å². The molecule has 116 valence electrons. The number of nitrogens with zero attached hydrogens (tertiary/aromatic N) is 3. The molecule has 0 aliphatic carbocycles. The van der Waals surface area contributed by atoms with Gasteiger partial charge in [0.25, 0.3) is 0 Å². The summed E-state index contributed by atoms with van der Waals surface area (Å²) in [7, 11) is 4.03. The van der Waals surface area contributed by atoms with Crippen molar-refractivity contribution in [3.05, 3.63) is 0 Å². The molecule has 20 heavy (non-hydrogen) atoms. The number of rotatable bonds is 5. The summed E-state index contributed by atoms with van der Waals surface area (Å²) in [6.07, 6.45) is 2.05. The molecule has 1 aliphatic rings. The first-order valence-corrected chi connectivity index (χ1v) is 7.23. The van der Waals surface area contributed by atoms with Crippen LogP contribution in [0, 0.1) is 5.92 Å². The zero-order valence-electron chi connectivity index (χ0n) is 13.0. The lowest BCUT2D eigenvalue weighted by molar-refractivity contribution is -0.137. The topological polar surface area (TPSA) is 64.1 Å². The lowest BCUT2D eigenvalue weighted by Crippen LogP contribution is -2.53. The summed E-state index contributed by atoms with van der Waals surface area (Å²) in [4.78, 5) is 28.8. The van der Waals surface area contributed by atoms with E-state index in [4.69, 9.17) is 5.11 Å². The van der Waals surface area contributed by atoms with Gasteiger partial charge in [-0.3, -0.25) is 4.79 Å². The van der Waals surface area contributed by atoms with E-state index in [9.17, 15) is 9.59 Å². The fourth-order valence-corrected chi connectivity index (χ4v) is 2.56. The first-order valence-electron chi connectivity index (χ1n) is 7.23. The molecule has 1 heterocycles. The first kappa shape index (κ1) is 16.8. The molecule has 6 nitrogen and oxygen atoms in total. The predicted octanol–water partition coefficient (Wildman–Crippen LogP) is 1.17. The molecule has 1 saturated heterocycles. The lowest BCUT2D eigenvalue weighted by atomic mass is 10.1. The van der Waals surface area contributed by atoms with Crippen molar-refractivity contribution < 1.29 is 14.7 Å². The van der Waals surface area contributed by atoms with Crippen LogP contribution in [0.25, 0.3) is 0 Å². The number of amides is 2. The van der Waals surface area contributed by atoms with Crippen LogP contribution in [-0.2, 0) is 4.79 Å². The number of carboxylic acid groups (broad SMARTS) is 1. The number of carbonyl (C=O) groups excluding carboxylic acids is 1. The Balaban J connectivity index is 2.69. The van der Waals surface area contributed by atoms with E-state index >= 15 is 0 Å². The van der Waals surface area contributed by atoms with Gasteiger partial charge in [-0.15, -0.1) is 0 Å². The van der Waals surface area contributed by atoms with Gasteiger partial charge >= 0.3 is 12.0 Å².